The SMILES string of the molecule is Cn1nnnc1Sc1nc(NN)nc(-n2ccnc2)n1. The topological polar surface area (TPSA) is 138 Å². The minimum absolute atomic E-state index is 0.237. The van der Waals surface area contributed by atoms with Gasteiger partial charge in [0.25, 0.3) is 0 Å². The fourth-order valence-corrected chi connectivity index (χ4v) is 2.01. The Hall–Kier alpha value is -2.60. The second-order valence-corrected chi connectivity index (χ2v) is 4.48. The average Bonchev–Trinajstić information content (AvgIpc) is 3.11. The number of hydrogen-bond acceptors (Lipinski definition) is 10. The number of nitrogens with zero attached hydrogens (tertiary/aromatic N) is 9. The summed E-state index contributed by atoms with van der Waals surface area (Å²) in [5, 5.41) is 12.1. The van der Waals surface area contributed by atoms with Crippen molar-refractivity contribution in [3.63, 3.8) is 0 Å². The maximum atomic E-state index is 5.36. The first-order valence-electron chi connectivity index (χ1n) is 5.37. The minimum Gasteiger partial charge on any atom is -0.292 e. The Morgan fingerprint density at radius 3 is 2.85 bits per heavy atom. The van der Waals surface area contributed by atoms with Crippen LogP contribution in [0.5, 0.6) is 0 Å². The lowest BCUT2D eigenvalue weighted by Crippen LogP contribution is -2.14. The number of anilines is 1. The molecule has 0 saturated carbocycles. The normalized spacial score (nSPS) is 10.7. The van der Waals surface area contributed by atoms with Gasteiger partial charge in [0.2, 0.25) is 22.2 Å². The van der Waals surface area contributed by atoms with Crippen LogP contribution in [-0.2, 0) is 7.05 Å². The zero-order chi connectivity index (χ0) is 13.9. The first-order chi connectivity index (χ1) is 9.76. The molecule has 0 bridgehead atoms. The third-order valence-electron chi connectivity index (χ3n) is 2.23. The molecule has 0 aromatic carbocycles. The van der Waals surface area contributed by atoms with Gasteiger partial charge in [-0.15, -0.1) is 5.10 Å². The van der Waals surface area contributed by atoms with Gasteiger partial charge >= 0.3 is 0 Å². The molecular formula is C8H9N11S. The van der Waals surface area contributed by atoms with Crippen LogP contribution in [0.4, 0.5) is 5.95 Å². The highest BCUT2D eigenvalue weighted by atomic mass is 32.2. The van der Waals surface area contributed by atoms with Gasteiger partial charge in [0.1, 0.15) is 6.33 Å². The predicted octanol–water partition coefficient (Wildman–Crippen LogP) is -0.982. The van der Waals surface area contributed by atoms with E-state index in [2.05, 4.69) is 40.9 Å². The summed E-state index contributed by atoms with van der Waals surface area (Å²) in [6.45, 7) is 0. The smallest absolute Gasteiger partial charge is 0.242 e. The number of nitrogens with one attached hydrogen (secondary N) is 1. The molecule has 3 aromatic rings. The molecule has 12 heteroatoms. The Labute approximate surface area is 116 Å². The molecule has 3 heterocycles. The Bertz CT molecular complexity index is 705. The van der Waals surface area contributed by atoms with Gasteiger partial charge in [-0.3, -0.25) is 9.99 Å². The number of hydrogen-bond donors (Lipinski definition) is 2. The van der Waals surface area contributed by atoms with Gasteiger partial charge < -0.3 is 0 Å². The molecule has 0 aliphatic heterocycles. The van der Waals surface area contributed by atoms with Gasteiger partial charge in [-0.1, -0.05) is 0 Å². The number of nitrogens with two attached hydrogens (primary N) is 1. The van der Waals surface area contributed by atoms with E-state index in [1.165, 1.54) is 16.4 Å². The molecule has 0 spiro atoms. The summed E-state index contributed by atoms with van der Waals surface area (Å²) in [7, 11) is 1.72. The maximum absolute atomic E-state index is 5.36. The summed E-state index contributed by atoms with van der Waals surface area (Å²) in [6.07, 6.45) is 4.92. The minimum atomic E-state index is 0.237. The zero-order valence-corrected chi connectivity index (χ0v) is 11.1. The summed E-state index contributed by atoms with van der Waals surface area (Å²) in [5.74, 6) is 5.99. The number of tetrazole rings is 1. The van der Waals surface area contributed by atoms with E-state index in [0.717, 1.165) is 0 Å². The second-order valence-electron chi connectivity index (χ2n) is 3.54. The Morgan fingerprint density at radius 2 is 2.20 bits per heavy atom. The van der Waals surface area contributed by atoms with E-state index >= 15 is 0 Å². The van der Waals surface area contributed by atoms with Gasteiger partial charge in [-0.25, -0.2) is 15.5 Å². The van der Waals surface area contributed by atoms with Crippen molar-refractivity contribution in [2.24, 2.45) is 12.9 Å². The fraction of sp³-hybridized carbons (Fsp3) is 0.125. The number of aryl methyl sites for hydroxylation is 1. The van der Waals surface area contributed by atoms with Crippen LogP contribution in [0.1, 0.15) is 0 Å². The van der Waals surface area contributed by atoms with Gasteiger partial charge in [-0.2, -0.15) is 15.0 Å². The van der Waals surface area contributed by atoms with E-state index < -0.39 is 0 Å². The fourth-order valence-electron chi connectivity index (χ4n) is 1.34. The van der Waals surface area contributed by atoms with Gasteiger partial charge in [0, 0.05) is 19.4 Å². The molecule has 3 N–H and O–H groups in total. The van der Waals surface area contributed by atoms with Crippen LogP contribution in [0, 0.1) is 0 Å². The maximum Gasteiger partial charge on any atom is 0.242 e. The van der Waals surface area contributed by atoms with Crippen molar-refractivity contribution >= 4 is 17.7 Å². The molecule has 3 rings (SSSR count). The van der Waals surface area contributed by atoms with E-state index in [1.807, 2.05) is 0 Å². The molecule has 102 valence electrons. The molecule has 11 nitrogen and oxygen atoms in total. The highest BCUT2D eigenvalue weighted by molar-refractivity contribution is 7.99. The second kappa shape index (κ2) is 5.18. The summed E-state index contributed by atoms with van der Waals surface area (Å²) < 4.78 is 3.16. The molecule has 0 saturated heterocycles. The van der Waals surface area contributed by atoms with Crippen molar-refractivity contribution in [3.8, 4) is 5.95 Å². The Kier molecular flexibility index (Phi) is 3.22. The van der Waals surface area contributed by atoms with Crippen molar-refractivity contribution < 1.29 is 0 Å². The zero-order valence-electron chi connectivity index (χ0n) is 10.2. The predicted molar refractivity (Wildman–Crippen MR) is 67.7 cm³/mol. The molecule has 0 fully saturated rings. The molecule has 20 heavy (non-hydrogen) atoms. The van der Waals surface area contributed by atoms with Crippen molar-refractivity contribution in [1.29, 1.82) is 0 Å². The van der Waals surface area contributed by atoms with Crippen molar-refractivity contribution in [2.45, 2.75) is 10.3 Å². The molecule has 0 aliphatic carbocycles. The van der Waals surface area contributed by atoms with Gasteiger partial charge in [-0.05, 0) is 22.2 Å². The lowest BCUT2D eigenvalue weighted by atomic mass is 10.8. The molecular weight excluding hydrogens is 282 g/mol. The largest absolute Gasteiger partial charge is 0.292 e. The lowest BCUT2D eigenvalue weighted by molar-refractivity contribution is 0.663. The van der Waals surface area contributed by atoms with Crippen molar-refractivity contribution in [2.75, 3.05) is 5.43 Å². The van der Waals surface area contributed by atoms with Gasteiger partial charge in [0.05, 0.1) is 0 Å². The van der Waals surface area contributed by atoms with Crippen LogP contribution < -0.4 is 11.3 Å². The standard InChI is InChI=1S/C8H9N11S/c1-18-8(15-16-17-18)20-7-12-5(14-9)11-6(13-7)19-3-2-10-4-19/h2-4H,9H2,1H3,(H,11,12,13,14). The summed E-state index contributed by atoms with van der Waals surface area (Å²) in [5.41, 5.74) is 2.40. The van der Waals surface area contributed by atoms with E-state index in [1.54, 1.807) is 30.3 Å². The monoisotopic (exact) mass is 291 g/mol. The molecule has 0 amide bonds. The summed E-state index contributed by atoms with van der Waals surface area (Å²) in [6, 6.07) is 0. The molecule has 0 aliphatic rings. The lowest BCUT2D eigenvalue weighted by Gasteiger charge is -2.05. The van der Waals surface area contributed by atoms with E-state index in [0.29, 0.717) is 16.3 Å². The number of imidazole rings is 1. The third kappa shape index (κ3) is 2.41. The van der Waals surface area contributed by atoms with Gasteiger partial charge in [0.15, 0.2) is 0 Å². The van der Waals surface area contributed by atoms with E-state index in [-0.39, 0.29) is 5.95 Å². The summed E-state index contributed by atoms with van der Waals surface area (Å²) >= 11 is 1.20. The number of aromatic nitrogens is 9. The van der Waals surface area contributed by atoms with Crippen LogP contribution in [0.15, 0.2) is 29.0 Å². The Balaban J connectivity index is 1.98. The summed E-state index contributed by atoms with van der Waals surface area (Å²) in [4.78, 5) is 16.5. The quantitative estimate of drug-likeness (QED) is 0.455. The third-order valence-corrected chi connectivity index (χ3v) is 3.12. The van der Waals surface area contributed by atoms with E-state index in [9.17, 15) is 0 Å². The van der Waals surface area contributed by atoms with Crippen LogP contribution >= 0.6 is 11.8 Å². The highest BCUT2D eigenvalue weighted by Crippen LogP contribution is 2.22. The van der Waals surface area contributed by atoms with E-state index in [4.69, 9.17) is 5.84 Å². The molecule has 0 unspecified atom stereocenters. The number of nitrogen functional groups attached to an aromatic ring is 1. The Morgan fingerprint density at radius 1 is 1.30 bits per heavy atom. The highest BCUT2D eigenvalue weighted by Gasteiger charge is 2.12. The molecule has 0 radical (unpaired) electrons. The number of hydrazine groups is 1. The van der Waals surface area contributed by atoms with Crippen molar-refractivity contribution in [3.05, 3.63) is 18.7 Å². The van der Waals surface area contributed by atoms with Crippen LogP contribution in [-0.4, -0.2) is 44.7 Å². The number of rotatable bonds is 4. The first-order valence-corrected chi connectivity index (χ1v) is 6.19. The van der Waals surface area contributed by atoms with Crippen LogP contribution in [0.2, 0.25) is 0 Å². The molecule has 3 aromatic heterocycles. The van der Waals surface area contributed by atoms with Crippen LogP contribution in [0.25, 0.3) is 5.95 Å². The first kappa shape index (κ1) is 12.4. The average molecular weight is 291 g/mol. The molecule has 0 atom stereocenters. The van der Waals surface area contributed by atoms with Crippen molar-refractivity contribution in [1.82, 2.24) is 44.7 Å². The van der Waals surface area contributed by atoms with Crippen LogP contribution in [0.3, 0.4) is 0 Å².